The standard InChI is InChI=1S/C32H39N3O6/c1-31(2,3)34-23(20-14-9-7-10-15-20)25(27(34)36)40-29(38)22-18-13-19-33(22)30(39)41-26-24(21-16-11-8-12-17-21)35(28(26)37)32(4,5)6/h7-12,14-17,22-26H,13,18-19H2,1-6H3/t22?,23-,24-,25-,26-/m1/s1. The third kappa shape index (κ3) is 5.18. The van der Waals surface area contributed by atoms with Crippen molar-refractivity contribution in [3.05, 3.63) is 71.8 Å². The van der Waals surface area contributed by atoms with Crippen LogP contribution in [0.15, 0.2) is 60.7 Å². The molecular formula is C32H39N3O6. The van der Waals surface area contributed by atoms with Crippen LogP contribution in [-0.4, -0.2) is 74.4 Å². The van der Waals surface area contributed by atoms with E-state index in [1.165, 1.54) is 4.90 Å². The Morgan fingerprint density at radius 1 is 0.707 bits per heavy atom. The van der Waals surface area contributed by atoms with Gasteiger partial charge in [0, 0.05) is 17.6 Å². The Labute approximate surface area is 241 Å². The molecule has 0 radical (unpaired) electrons. The van der Waals surface area contributed by atoms with Gasteiger partial charge in [-0.25, -0.2) is 9.59 Å². The summed E-state index contributed by atoms with van der Waals surface area (Å²) in [5, 5.41) is 0. The van der Waals surface area contributed by atoms with E-state index in [9.17, 15) is 19.2 Å². The zero-order valence-corrected chi connectivity index (χ0v) is 24.6. The Kier molecular flexibility index (Phi) is 7.34. The van der Waals surface area contributed by atoms with Crippen molar-refractivity contribution < 1.29 is 28.7 Å². The van der Waals surface area contributed by atoms with E-state index < -0.39 is 53.5 Å². The van der Waals surface area contributed by atoms with Crippen LogP contribution in [0.1, 0.15) is 77.6 Å². The van der Waals surface area contributed by atoms with Gasteiger partial charge < -0.3 is 19.3 Å². The number of esters is 1. The van der Waals surface area contributed by atoms with Crippen LogP contribution < -0.4 is 0 Å². The van der Waals surface area contributed by atoms with Crippen LogP contribution in [0.2, 0.25) is 0 Å². The van der Waals surface area contributed by atoms with Crippen LogP contribution in [0, 0.1) is 0 Å². The van der Waals surface area contributed by atoms with Crippen molar-refractivity contribution in [1.82, 2.24) is 14.7 Å². The second-order valence-electron chi connectivity index (χ2n) is 13.0. The molecule has 0 aromatic heterocycles. The quantitative estimate of drug-likeness (QED) is 0.390. The summed E-state index contributed by atoms with van der Waals surface area (Å²) in [4.78, 5) is 57.9. The molecule has 0 aliphatic carbocycles. The normalized spacial score (nSPS) is 26.4. The number of likely N-dealkylation sites (tertiary alicyclic amines) is 3. The molecule has 3 aliphatic rings. The van der Waals surface area contributed by atoms with Crippen molar-refractivity contribution in [2.24, 2.45) is 0 Å². The zero-order chi connectivity index (χ0) is 29.7. The van der Waals surface area contributed by atoms with Gasteiger partial charge in [0.25, 0.3) is 11.8 Å². The lowest BCUT2D eigenvalue weighted by molar-refractivity contribution is -0.194. The first kappa shape index (κ1) is 28.6. The lowest BCUT2D eigenvalue weighted by Gasteiger charge is -2.53. The Hall–Kier alpha value is -3.88. The number of amides is 3. The molecule has 41 heavy (non-hydrogen) atoms. The van der Waals surface area contributed by atoms with Gasteiger partial charge in [-0.1, -0.05) is 60.7 Å². The van der Waals surface area contributed by atoms with E-state index >= 15 is 0 Å². The molecule has 3 saturated heterocycles. The first-order valence-corrected chi connectivity index (χ1v) is 14.2. The molecule has 9 heteroatoms. The molecule has 0 N–H and O–H groups in total. The second kappa shape index (κ2) is 10.5. The Balaban J connectivity index is 1.30. The van der Waals surface area contributed by atoms with Gasteiger partial charge in [-0.3, -0.25) is 14.5 Å². The lowest BCUT2D eigenvalue weighted by Crippen LogP contribution is -2.67. The first-order valence-electron chi connectivity index (χ1n) is 14.2. The van der Waals surface area contributed by atoms with Gasteiger partial charge in [0.15, 0.2) is 0 Å². The predicted molar refractivity (Wildman–Crippen MR) is 151 cm³/mol. The average molecular weight is 562 g/mol. The molecule has 3 aliphatic heterocycles. The van der Waals surface area contributed by atoms with Crippen molar-refractivity contribution in [2.45, 2.75) is 95.8 Å². The third-order valence-electron chi connectivity index (χ3n) is 8.05. The maximum absolute atomic E-state index is 13.4. The van der Waals surface area contributed by atoms with Crippen molar-refractivity contribution in [3.63, 3.8) is 0 Å². The largest absolute Gasteiger partial charge is 0.448 e. The van der Waals surface area contributed by atoms with Crippen LogP contribution >= 0.6 is 0 Å². The van der Waals surface area contributed by atoms with Gasteiger partial charge in [-0.2, -0.15) is 0 Å². The monoisotopic (exact) mass is 561 g/mol. The summed E-state index contributed by atoms with van der Waals surface area (Å²) in [7, 11) is 0. The van der Waals surface area contributed by atoms with Gasteiger partial charge in [-0.15, -0.1) is 0 Å². The molecule has 5 atom stereocenters. The van der Waals surface area contributed by atoms with Crippen molar-refractivity contribution in [3.8, 4) is 0 Å². The van der Waals surface area contributed by atoms with Crippen molar-refractivity contribution >= 4 is 23.9 Å². The maximum Gasteiger partial charge on any atom is 0.411 e. The molecule has 0 saturated carbocycles. The van der Waals surface area contributed by atoms with Gasteiger partial charge in [0.2, 0.25) is 12.2 Å². The molecule has 1 unspecified atom stereocenters. The fourth-order valence-corrected chi connectivity index (χ4v) is 6.21. The van der Waals surface area contributed by atoms with Crippen LogP contribution in [0.3, 0.4) is 0 Å². The summed E-state index contributed by atoms with van der Waals surface area (Å²) in [6.45, 7) is 12.0. The summed E-state index contributed by atoms with van der Waals surface area (Å²) in [6, 6.07) is 17.2. The predicted octanol–water partition coefficient (Wildman–Crippen LogP) is 4.63. The molecule has 9 nitrogen and oxygen atoms in total. The van der Waals surface area contributed by atoms with E-state index in [1.807, 2.05) is 102 Å². The van der Waals surface area contributed by atoms with Gasteiger partial charge in [0.1, 0.15) is 18.1 Å². The van der Waals surface area contributed by atoms with E-state index in [4.69, 9.17) is 9.47 Å². The third-order valence-corrected chi connectivity index (χ3v) is 8.05. The van der Waals surface area contributed by atoms with Crippen LogP contribution in [-0.2, 0) is 23.9 Å². The van der Waals surface area contributed by atoms with E-state index in [0.29, 0.717) is 19.4 Å². The fraction of sp³-hybridized carbons (Fsp3) is 0.500. The van der Waals surface area contributed by atoms with Crippen LogP contribution in [0.4, 0.5) is 4.79 Å². The Morgan fingerprint density at radius 3 is 1.59 bits per heavy atom. The molecular weight excluding hydrogens is 522 g/mol. The number of nitrogens with zero attached hydrogens (tertiary/aromatic N) is 3. The fourth-order valence-electron chi connectivity index (χ4n) is 6.21. The molecule has 2 aromatic carbocycles. The molecule has 3 amide bonds. The van der Waals surface area contributed by atoms with Crippen molar-refractivity contribution in [1.29, 1.82) is 0 Å². The SMILES string of the molecule is CC(C)(C)N1C(=O)[C@H](OC(=O)C2CCCN2C(=O)O[C@H]2C(=O)N(C(C)(C)C)[C@@H]2c2ccccc2)[C@H]1c1ccccc1. The smallest absolute Gasteiger partial charge is 0.411 e. The van der Waals surface area contributed by atoms with Gasteiger partial charge in [0.05, 0.1) is 0 Å². The number of rotatable bonds is 5. The summed E-state index contributed by atoms with van der Waals surface area (Å²) < 4.78 is 11.6. The minimum Gasteiger partial charge on any atom is -0.448 e. The van der Waals surface area contributed by atoms with E-state index in [1.54, 1.807) is 9.80 Å². The Morgan fingerprint density at radius 2 is 1.15 bits per heavy atom. The minimum atomic E-state index is -0.989. The topological polar surface area (TPSA) is 96.5 Å². The molecule has 0 spiro atoms. The number of hydrogen-bond acceptors (Lipinski definition) is 6. The van der Waals surface area contributed by atoms with Crippen LogP contribution in [0.25, 0.3) is 0 Å². The molecule has 218 valence electrons. The van der Waals surface area contributed by atoms with E-state index in [0.717, 1.165) is 11.1 Å². The molecule has 2 aromatic rings. The highest BCUT2D eigenvalue weighted by Gasteiger charge is 2.57. The molecule has 0 bridgehead atoms. The van der Waals surface area contributed by atoms with Gasteiger partial charge in [-0.05, 0) is 65.5 Å². The first-order chi connectivity index (χ1) is 19.3. The zero-order valence-electron chi connectivity index (χ0n) is 24.6. The van der Waals surface area contributed by atoms with Crippen LogP contribution in [0.5, 0.6) is 0 Å². The number of carbonyl (C=O) groups excluding carboxylic acids is 4. The number of benzene rings is 2. The Bertz CT molecular complexity index is 1210. The summed E-state index contributed by atoms with van der Waals surface area (Å²) >= 11 is 0. The van der Waals surface area contributed by atoms with E-state index in [-0.39, 0.29) is 11.8 Å². The number of ether oxygens (including phenoxy) is 2. The summed E-state index contributed by atoms with van der Waals surface area (Å²) in [5.74, 6) is -1.17. The lowest BCUT2D eigenvalue weighted by atomic mass is 9.85. The van der Waals surface area contributed by atoms with Gasteiger partial charge >= 0.3 is 12.1 Å². The summed E-state index contributed by atoms with van der Waals surface area (Å²) in [6.07, 6.45) is -1.72. The average Bonchev–Trinajstić information content (AvgIpc) is 3.41. The second-order valence-corrected chi connectivity index (χ2v) is 13.0. The number of β-lactam (4-membered cyclic amide) rings is 2. The number of hydrogen-bond donors (Lipinski definition) is 0. The highest BCUT2D eigenvalue weighted by Crippen LogP contribution is 2.44. The van der Waals surface area contributed by atoms with Crippen molar-refractivity contribution in [2.75, 3.05) is 6.54 Å². The molecule has 3 heterocycles. The minimum absolute atomic E-state index is 0.264. The highest BCUT2D eigenvalue weighted by atomic mass is 16.6. The number of carbonyl (C=O) groups is 4. The summed E-state index contributed by atoms with van der Waals surface area (Å²) in [5.41, 5.74) is 0.818. The molecule has 3 fully saturated rings. The molecule has 5 rings (SSSR count). The highest BCUT2D eigenvalue weighted by molar-refractivity contribution is 5.94. The maximum atomic E-state index is 13.4. The van der Waals surface area contributed by atoms with E-state index in [2.05, 4.69) is 0 Å².